The lowest BCUT2D eigenvalue weighted by molar-refractivity contribution is -0.138. The molecule has 0 bridgehead atoms. The fourth-order valence-corrected chi connectivity index (χ4v) is 4.23. The number of halogens is 3. The van der Waals surface area contributed by atoms with Crippen molar-refractivity contribution in [1.29, 1.82) is 0 Å². The van der Waals surface area contributed by atoms with Gasteiger partial charge in [-0.3, -0.25) is 9.59 Å². The van der Waals surface area contributed by atoms with E-state index in [4.69, 9.17) is 23.2 Å². The van der Waals surface area contributed by atoms with E-state index in [1.165, 1.54) is 22.7 Å². The van der Waals surface area contributed by atoms with Crippen LogP contribution in [0.1, 0.15) is 31.4 Å². The number of nitrogens with one attached hydrogen (secondary N) is 1. The van der Waals surface area contributed by atoms with Gasteiger partial charge in [0.2, 0.25) is 11.8 Å². The normalized spacial score (nSPS) is 11.8. The van der Waals surface area contributed by atoms with Gasteiger partial charge in [0.25, 0.3) is 0 Å². The standard InChI is InChI=1S/C22H25Cl2FN2O2S/c1-3-11-26-22(29)15(2)27(12-16-7-4-5-8-18(16)23)21(28)14-30-13-17-19(24)9-6-10-20(17)25/h4-10,15H,3,11-14H2,1-2H3,(H,26,29)/t15-/m0/s1. The summed E-state index contributed by atoms with van der Waals surface area (Å²) >= 11 is 13.6. The van der Waals surface area contributed by atoms with Gasteiger partial charge < -0.3 is 10.2 Å². The highest BCUT2D eigenvalue weighted by molar-refractivity contribution is 7.99. The van der Waals surface area contributed by atoms with Gasteiger partial charge in [-0.15, -0.1) is 11.8 Å². The van der Waals surface area contributed by atoms with Crippen molar-refractivity contribution in [1.82, 2.24) is 10.2 Å². The molecule has 0 spiro atoms. The fourth-order valence-electron chi connectivity index (χ4n) is 2.78. The van der Waals surface area contributed by atoms with Crippen LogP contribution in [0.5, 0.6) is 0 Å². The van der Waals surface area contributed by atoms with Gasteiger partial charge in [-0.1, -0.05) is 54.4 Å². The summed E-state index contributed by atoms with van der Waals surface area (Å²) in [6, 6.07) is 11.0. The summed E-state index contributed by atoms with van der Waals surface area (Å²) in [4.78, 5) is 27.0. The third-order valence-corrected chi connectivity index (χ3v) is 6.22. The molecule has 1 atom stereocenters. The zero-order chi connectivity index (χ0) is 22.1. The fraction of sp³-hybridized carbons (Fsp3) is 0.364. The van der Waals surface area contributed by atoms with Crippen LogP contribution < -0.4 is 5.32 Å². The second kappa shape index (κ2) is 12.2. The summed E-state index contributed by atoms with van der Waals surface area (Å²) in [6.45, 7) is 4.40. The Morgan fingerprint density at radius 2 is 1.83 bits per heavy atom. The average Bonchev–Trinajstić information content (AvgIpc) is 2.72. The number of hydrogen-bond donors (Lipinski definition) is 1. The Kier molecular flexibility index (Phi) is 9.95. The first-order chi connectivity index (χ1) is 14.3. The molecule has 2 rings (SSSR count). The van der Waals surface area contributed by atoms with Crippen LogP contribution in [0.3, 0.4) is 0 Å². The lowest BCUT2D eigenvalue weighted by Gasteiger charge is -2.29. The molecule has 8 heteroatoms. The van der Waals surface area contributed by atoms with Gasteiger partial charge in [-0.25, -0.2) is 4.39 Å². The first-order valence-corrected chi connectivity index (χ1v) is 11.6. The Morgan fingerprint density at radius 1 is 1.13 bits per heavy atom. The van der Waals surface area contributed by atoms with E-state index < -0.39 is 11.9 Å². The van der Waals surface area contributed by atoms with Crippen molar-refractivity contribution in [2.45, 2.75) is 38.6 Å². The van der Waals surface area contributed by atoms with E-state index in [1.54, 1.807) is 25.1 Å². The van der Waals surface area contributed by atoms with Crippen molar-refractivity contribution in [3.05, 3.63) is 69.5 Å². The van der Waals surface area contributed by atoms with E-state index in [-0.39, 0.29) is 29.9 Å². The number of nitrogens with zero attached hydrogens (tertiary/aromatic N) is 1. The van der Waals surface area contributed by atoms with E-state index in [9.17, 15) is 14.0 Å². The van der Waals surface area contributed by atoms with Gasteiger partial charge in [0, 0.05) is 34.5 Å². The van der Waals surface area contributed by atoms with Crippen LogP contribution in [-0.4, -0.2) is 35.1 Å². The highest BCUT2D eigenvalue weighted by Crippen LogP contribution is 2.25. The predicted octanol–water partition coefficient (Wildman–Crippen LogP) is 5.31. The summed E-state index contributed by atoms with van der Waals surface area (Å²) in [6.07, 6.45) is 0.802. The molecule has 0 unspecified atom stereocenters. The molecule has 0 aliphatic carbocycles. The van der Waals surface area contributed by atoms with Gasteiger partial charge in [-0.2, -0.15) is 0 Å². The number of hydrogen-bond acceptors (Lipinski definition) is 3. The zero-order valence-corrected chi connectivity index (χ0v) is 19.3. The van der Waals surface area contributed by atoms with Crippen molar-refractivity contribution in [3.8, 4) is 0 Å². The minimum atomic E-state index is -0.669. The molecule has 0 fully saturated rings. The highest BCUT2D eigenvalue weighted by Gasteiger charge is 2.26. The molecule has 0 saturated heterocycles. The first kappa shape index (κ1) is 24.5. The van der Waals surface area contributed by atoms with Gasteiger partial charge in [0.15, 0.2) is 0 Å². The molecule has 0 aliphatic rings. The third-order valence-electron chi connectivity index (χ3n) is 4.55. The molecule has 0 aromatic heterocycles. The molecule has 2 amide bonds. The van der Waals surface area contributed by atoms with Crippen LogP contribution in [0.4, 0.5) is 4.39 Å². The van der Waals surface area contributed by atoms with E-state index in [0.29, 0.717) is 22.2 Å². The maximum absolute atomic E-state index is 14.0. The van der Waals surface area contributed by atoms with Crippen molar-refractivity contribution in [3.63, 3.8) is 0 Å². The van der Waals surface area contributed by atoms with Crippen LogP contribution in [-0.2, 0) is 21.9 Å². The Labute approximate surface area is 191 Å². The Balaban J connectivity index is 2.11. The van der Waals surface area contributed by atoms with Gasteiger partial charge in [-0.05, 0) is 37.1 Å². The molecule has 0 radical (unpaired) electrons. The first-order valence-electron chi connectivity index (χ1n) is 9.66. The molecule has 0 heterocycles. The second-order valence-corrected chi connectivity index (χ2v) is 8.57. The third kappa shape index (κ3) is 6.89. The highest BCUT2D eigenvalue weighted by atomic mass is 35.5. The average molecular weight is 471 g/mol. The second-order valence-electron chi connectivity index (χ2n) is 6.77. The Bertz CT molecular complexity index is 862. The maximum Gasteiger partial charge on any atom is 0.242 e. The molecule has 2 aromatic carbocycles. The van der Waals surface area contributed by atoms with E-state index >= 15 is 0 Å². The Morgan fingerprint density at radius 3 is 2.50 bits per heavy atom. The summed E-state index contributed by atoms with van der Waals surface area (Å²) in [5, 5.41) is 3.68. The van der Waals surface area contributed by atoms with Crippen molar-refractivity contribution in [2.75, 3.05) is 12.3 Å². The molecule has 162 valence electrons. The number of carbonyl (C=O) groups excluding carboxylic acids is 2. The lowest BCUT2D eigenvalue weighted by Crippen LogP contribution is -2.48. The number of thioether (sulfide) groups is 1. The maximum atomic E-state index is 14.0. The zero-order valence-electron chi connectivity index (χ0n) is 17.0. The molecule has 0 aliphatic heterocycles. The molecule has 4 nitrogen and oxygen atoms in total. The quantitative estimate of drug-likeness (QED) is 0.511. The van der Waals surface area contributed by atoms with Gasteiger partial charge >= 0.3 is 0 Å². The Hall–Kier alpha value is -1.76. The van der Waals surface area contributed by atoms with Crippen LogP contribution in [0.2, 0.25) is 10.0 Å². The number of carbonyl (C=O) groups is 2. The van der Waals surface area contributed by atoms with Crippen molar-refractivity contribution >= 4 is 46.8 Å². The van der Waals surface area contributed by atoms with Gasteiger partial charge in [0.05, 0.1) is 5.75 Å². The van der Waals surface area contributed by atoms with Gasteiger partial charge in [0.1, 0.15) is 11.9 Å². The summed E-state index contributed by atoms with van der Waals surface area (Å²) in [5.41, 5.74) is 1.12. The van der Waals surface area contributed by atoms with Crippen LogP contribution in [0, 0.1) is 5.82 Å². The number of rotatable bonds is 10. The summed E-state index contributed by atoms with van der Waals surface area (Å²) in [5.74, 6) is -0.512. The predicted molar refractivity (Wildman–Crippen MR) is 122 cm³/mol. The summed E-state index contributed by atoms with van der Waals surface area (Å²) in [7, 11) is 0. The topological polar surface area (TPSA) is 49.4 Å². The SMILES string of the molecule is CCCNC(=O)[C@H](C)N(Cc1ccccc1Cl)C(=O)CSCc1c(F)cccc1Cl. The smallest absolute Gasteiger partial charge is 0.242 e. The summed E-state index contributed by atoms with van der Waals surface area (Å²) < 4.78 is 14.0. The molecular weight excluding hydrogens is 446 g/mol. The monoisotopic (exact) mass is 470 g/mol. The van der Waals surface area contributed by atoms with Crippen molar-refractivity contribution in [2.24, 2.45) is 0 Å². The number of amides is 2. The van der Waals surface area contributed by atoms with Crippen LogP contribution in [0.25, 0.3) is 0 Å². The molecule has 1 N–H and O–H groups in total. The molecule has 2 aromatic rings. The lowest BCUT2D eigenvalue weighted by atomic mass is 10.1. The molecule has 0 saturated carbocycles. The molecular formula is C22H25Cl2FN2O2S. The molecule has 30 heavy (non-hydrogen) atoms. The minimum Gasteiger partial charge on any atom is -0.354 e. The van der Waals surface area contributed by atoms with E-state index in [1.807, 2.05) is 25.1 Å². The number of benzene rings is 2. The van der Waals surface area contributed by atoms with Crippen LogP contribution >= 0.6 is 35.0 Å². The van der Waals surface area contributed by atoms with E-state index in [2.05, 4.69) is 5.32 Å². The minimum absolute atomic E-state index is 0.0838. The van der Waals surface area contributed by atoms with Crippen molar-refractivity contribution < 1.29 is 14.0 Å². The largest absolute Gasteiger partial charge is 0.354 e. The van der Waals surface area contributed by atoms with Crippen LogP contribution in [0.15, 0.2) is 42.5 Å². The van der Waals surface area contributed by atoms with E-state index in [0.717, 1.165) is 12.0 Å².